The molecule has 0 radical (unpaired) electrons. The molecule has 5 nitrogen and oxygen atoms in total. The number of hydrogen-bond donors (Lipinski definition) is 2. The fourth-order valence-electron chi connectivity index (χ4n) is 2.39. The van der Waals surface area contributed by atoms with Crippen molar-refractivity contribution in [1.29, 1.82) is 5.26 Å². The molecule has 1 fully saturated rings. The first-order chi connectivity index (χ1) is 8.98. The maximum Gasteiger partial charge on any atom is 0.245 e. The summed E-state index contributed by atoms with van der Waals surface area (Å²) in [7, 11) is 0. The van der Waals surface area contributed by atoms with E-state index in [4.69, 9.17) is 5.26 Å². The number of nitrogens with one attached hydrogen (secondary N) is 1. The van der Waals surface area contributed by atoms with Crippen LogP contribution in [0.1, 0.15) is 19.4 Å². The van der Waals surface area contributed by atoms with Gasteiger partial charge in [0.25, 0.3) is 0 Å². The molecule has 0 aliphatic carbocycles. The van der Waals surface area contributed by atoms with Crippen molar-refractivity contribution in [2.24, 2.45) is 0 Å². The molecule has 19 heavy (non-hydrogen) atoms. The van der Waals surface area contributed by atoms with E-state index in [9.17, 15) is 9.90 Å². The monoisotopic (exact) mass is 259 g/mol. The molecule has 1 aliphatic rings. The number of carbonyl (C=O) groups is 1. The minimum absolute atomic E-state index is 0.216. The molecule has 100 valence electrons. The van der Waals surface area contributed by atoms with Gasteiger partial charge >= 0.3 is 0 Å². The van der Waals surface area contributed by atoms with Crippen LogP contribution in [0.15, 0.2) is 24.3 Å². The Morgan fingerprint density at radius 3 is 2.84 bits per heavy atom. The van der Waals surface area contributed by atoms with Gasteiger partial charge in [-0.2, -0.15) is 5.26 Å². The number of aliphatic hydroxyl groups is 1. The number of amides is 1. The predicted molar refractivity (Wildman–Crippen MR) is 71.6 cm³/mol. The van der Waals surface area contributed by atoms with Crippen LogP contribution in [0.3, 0.4) is 0 Å². The van der Waals surface area contributed by atoms with E-state index in [2.05, 4.69) is 11.4 Å². The smallest absolute Gasteiger partial charge is 0.245 e. The minimum Gasteiger partial charge on any atom is -0.394 e. The first-order valence-corrected chi connectivity index (χ1v) is 6.17. The molecule has 1 aliphatic heterocycles. The lowest BCUT2D eigenvalue weighted by molar-refractivity contribution is -0.126. The lowest BCUT2D eigenvalue weighted by Crippen LogP contribution is -2.66. The Labute approximate surface area is 112 Å². The van der Waals surface area contributed by atoms with Crippen LogP contribution in [0.4, 0.5) is 5.69 Å². The maximum absolute atomic E-state index is 12.0. The van der Waals surface area contributed by atoms with E-state index in [1.54, 1.807) is 23.1 Å². The van der Waals surface area contributed by atoms with Crippen molar-refractivity contribution in [3.63, 3.8) is 0 Å². The third-order valence-corrected chi connectivity index (χ3v) is 3.21. The topological polar surface area (TPSA) is 76.4 Å². The molecule has 1 amide bonds. The van der Waals surface area contributed by atoms with E-state index in [0.717, 1.165) is 0 Å². The highest BCUT2D eigenvalue weighted by Crippen LogP contribution is 2.26. The molecule has 1 aromatic carbocycles. The normalized spacial score (nSPS) is 21.7. The number of hydrogen-bond acceptors (Lipinski definition) is 4. The third kappa shape index (κ3) is 2.54. The van der Waals surface area contributed by atoms with Crippen molar-refractivity contribution < 1.29 is 9.90 Å². The number of benzene rings is 1. The zero-order chi connectivity index (χ0) is 14.0. The largest absolute Gasteiger partial charge is 0.394 e. The summed E-state index contributed by atoms with van der Waals surface area (Å²) in [6.45, 7) is 4.10. The van der Waals surface area contributed by atoms with E-state index in [-0.39, 0.29) is 12.5 Å². The third-order valence-electron chi connectivity index (χ3n) is 3.21. The van der Waals surface area contributed by atoms with Crippen LogP contribution in [0, 0.1) is 11.3 Å². The molecular weight excluding hydrogens is 242 g/mol. The predicted octanol–water partition coefficient (Wildman–Crippen LogP) is 0.634. The Hall–Kier alpha value is -2.06. The molecule has 5 heteroatoms. The summed E-state index contributed by atoms with van der Waals surface area (Å²) in [6, 6.07) is 8.59. The number of para-hydroxylation sites is 1. The van der Waals surface area contributed by atoms with Gasteiger partial charge in [0, 0.05) is 6.54 Å². The van der Waals surface area contributed by atoms with Gasteiger partial charge in [-0.15, -0.1) is 0 Å². The fraction of sp³-hybridized carbons (Fsp3) is 0.429. The lowest BCUT2D eigenvalue weighted by atomic mass is 9.96. The van der Waals surface area contributed by atoms with Gasteiger partial charge in [0.05, 0.1) is 23.4 Å². The minimum atomic E-state index is -0.650. The Balaban J connectivity index is 2.45. The lowest BCUT2D eigenvalue weighted by Gasteiger charge is -2.44. The zero-order valence-corrected chi connectivity index (χ0v) is 11.1. The Morgan fingerprint density at radius 1 is 1.53 bits per heavy atom. The summed E-state index contributed by atoms with van der Waals surface area (Å²) in [5.74, 6) is -0.216. The SMILES string of the molecule is CC1(C)CN(c2ccccc2C#N)C(CO)C(=O)N1. The van der Waals surface area contributed by atoms with Crippen molar-refractivity contribution in [2.75, 3.05) is 18.1 Å². The van der Waals surface area contributed by atoms with Crippen LogP contribution in [0.2, 0.25) is 0 Å². The van der Waals surface area contributed by atoms with Crippen molar-refractivity contribution in [2.45, 2.75) is 25.4 Å². The van der Waals surface area contributed by atoms with Gasteiger partial charge in [-0.3, -0.25) is 4.79 Å². The number of piperazine rings is 1. The van der Waals surface area contributed by atoms with Crippen molar-refractivity contribution in [1.82, 2.24) is 5.32 Å². The fourth-order valence-corrected chi connectivity index (χ4v) is 2.39. The highest BCUT2D eigenvalue weighted by Gasteiger charge is 2.38. The molecule has 0 aromatic heterocycles. The number of aliphatic hydroxyl groups excluding tert-OH is 1. The van der Waals surface area contributed by atoms with Gasteiger partial charge in [0.1, 0.15) is 12.1 Å². The standard InChI is InChI=1S/C14H17N3O2/c1-14(2)9-17(12(8-18)13(19)16-14)11-6-4-3-5-10(11)7-15/h3-6,12,18H,8-9H2,1-2H3,(H,16,19). The van der Waals surface area contributed by atoms with Crippen LogP contribution in [0.5, 0.6) is 0 Å². The summed E-state index contributed by atoms with van der Waals surface area (Å²) in [4.78, 5) is 13.8. The number of carbonyl (C=O) groups excluding carboxylic acids is 1. The molecule has 1 heterocycles. The van der Waals surface area contributed by atoms with E-state index in [1.807, 2.05) is 19.9 Å². The number of anilines is 1. The summed E-state index contributed by atoms with van der Waals surface area (Å²) >= 11 is 0. The molecule has 2 N–H and O–H groups in total. The molecule has 1 unspecified atom stereocenters. The summed E-state index contributed by atoms with van der Waals surface area (Å²) in [6.07, 6.45) is 0. The first kappa shape index (κ1) is 13.4. The van der Waals surface area contributed by atoms with E-state index in [1.165, 1.54) is 0 Å². The van der Waals surface area contributed by atoms with E-state index >= 15 is 0 Å². The quantitative estimate of drug-likeness (QED) is 0.817. The van der Waals surface area contributed by atoms with Crippen LogP contribution in [0.25, 0.3) is 0 Å². The molecule has 1 aromatic rings. The van der Waals surface area contributed by atoms with Gasteiger partial charge < -0.3 is 15.3 Å². The van der Waals surface area contributed by atoms with Gasteiger partial charge in [-0.1, -0.05) is 12.1 Å². The highest BCUT2D eigenvalue weighted by molar-refractivity contribution is 5.88. The number of nitrogens with zero attached hydrogens (tertiary/aromatic N) is 2. The second kappa shape index (κ2) is 4.90. The van der Waals surface area contributed by atoms with Crippen LogP contribution >= 0.6 is 0 Å². The summed E-state index contributed by atoms with van der Waals surface area (Å²) in [5.41, 5.74) is 0.795. The molecule has 0 saturated carbocycles. The Morgan fingerprint density at radius 2 is 2.21 bits per heavy atom. The zero-order valence-electron chi connectivity index (χ0n) is 11.1. The van der Waals surface area contributed by atoms with E-state index < -0.39 is 11.6 Å². The molecule has 1 saturated heterocycles. The van der Waals surface area contributed by atoms with Crippen molar-refractivity contribution in [3.8, 4) is 6.07 Å². The van der Waals surface area contributed by atoms with Gasteiger partial charge in [-0.05, 0) is 26.0 Å². The maximum atomic E-state index is 12.0. The van der Waals surface area contributed by atoms with Gasteiger partial charge in [-0.25, -0.2) is 0 Å². The van der Waals surface area contributed by atoms with Crippen LogP contribution < -0.4 is 10.2 Å². The van der Waals surface area contributed by atoms with Crippen LogP contribution in [-0.4, -0.2) is 35.7 Å². The molecular formula is C14H17N3O2. The Bertz CT molecular complexity index is 534. The van der Waals surface area contributed by atoms with Crippen molar-refractivity contribution in [3.05, 3.63) is 29.8 Å². The van der Waals surface area contributed by atoms with Gasteiger partial charge in [0.2, 0.25) is 5.91 Å². The average Bonchev–Trinajstić information content (AvgIpc) is 2.37. The summed E-state index contributed by atoms with van der Waals surface area (Å²) in [5, 5.41) is 21.5. The highest BCUT2D eigenvalue weighted by atomic mass is 16.3. The second-order valence-electron chi connectivity index (χ2n) is 5.33. The molecule has 0 bridgehead atoms. The number of rotatable bonds is 2. The average molecular weight is 259 g/mol. The van der Waals surface area contributed by atoms with Gasteiger partial charge in [0.15, 0.2) is 0 Å². The molecule has 0 spiro atoms. The molecule has 1 atom stereocenters. The first-order valence-electron chi connectivity index (χ1n) is 6.17. The van der Waals surface area contributed by atoms with E-state index in [0.29, 0.717) is 17.8 Å². The summed E-state index contributed by atoms with van der Waals surface area (Å²) < 4.78 is 0. The van der Waals surface area contributed by atoms with Crippen LogP contribution in [-0.2, 0) is 4.79 Å². The second-order valence-corrected chi connectivity index (χ2v) is 5.33. The number of nitriles is 1. The Kier molecular flexibility index (Phi) is 3.45. The van der Waals surface area contributed by atoms with Crippen molar-refractivity contribution >= 4 is 11.6 Å². The molecule has 2 rings (SSSR count).